The first kappa shape index (κ1) is 14.6. The summed E-state index contributed by atoms with van der Waals surface area (Å²) in [6.07, 6.45) is 2.71. The molecule has 0 saturated carbocycles. The van der Waals surface area contributed by atoms with Gasteiger partial charge in [-0.05, 0) is 18.6 Å². The number of carboxylic acid groups (broad SMARTS) is 1. The topological polar surface area (TPSA) is 134 Å². The Morgan fingerprint density at radius 2 is 2.24 bits per heavy atom. The Morgan fingerprint density at radius 1 is 1.43 bits per heavy atom. The maximum absolute atomic E-state index is 12.1. The van der Waals surface area contributed by atoms with Gasteiger partial charge in [-0.1, -0.05) is 18.6 Å². The molecule has 0 spiro atoms. The van der Waals surface area contributed by atoms with E-state index >= 15 is 0 Å². The van der Waals surface area contributed by atoms with Crippen molar-refractivity contribution in [3.63, 3.8) is 0 Å². The number of aromatic amines is 1. The van der Waals surface area contributed by atoms with E-state index in [2.05, 4.69) is 30.9 Å². The number of hydrogen-bond donors (Lipinski definition) is 3. The molecule has 0 aliphatic carbocycles. The summed E-state index contributed by atoms with van der Waals surface area (Å²) < 4.78 is 0. The van der Waals surface area contributed by atoms with Crippen LogP contribution in [0, 0.1) is 0 Å². The average Bonchev–Trinajstić information content (AvgIpc) is 3.01. The number of carboxylic acids is 1. The van der Waals surface area contributed by atoms with E-state index in [0.29, 0.717) is 12.2 Å². The van der Waals surface area contributed by atoms with Crippen LogP contribution in [0.5, 0.6) is 0 Å². The predicted octanol–water partition coefficient (Wildman–Crippen LogP) is 0.564. The van der Waals surface area contributed by atoms with Gasteiger partial charge in [0.25, 0.3) is 5.91 Å². The Kier molecular flexibility index (Phi) is 4.54. The number of rotatable bonds is 6. The molecular formula is C12H14N6O3. The minimum Gasteiger partial charge on any atom is -0.477 e. The van der Waals surface area contributed by atoms with Gasteiger partial charge in [0.2, 0.25) is 0 Å². The Hall–Kier alpha value is -2.84. The van der Waals surface area contributed by atoms with Crippen molar-refractivity contribution in [1.82, 2.24) is 30.9 Å². The molecule has 2 aromatic heterocycles. The number of aromatic nitrogens is 5. The molecule has 9 heteroatoms. The quantitative estimate of drug-likeness (QED) is 0.707. The first-order valence-electron chi connectivity index (χ1n) is 6.35. The summed E-state index contributed by atoms with van der Waals surface area (Å²) in [4.78, 5) is 26.5. The highest BCUT2D eigenvalue weighted by Gasteiger charge is 2.19. The molecule has 3 N–H and O–H groups in total. The fourth-order valence-corrected chi connectivity index (χ4v) is 1.77. The molecule has 2 heterocycles. The second-order valence-corrected chi connectivity index (χ2v) is 4.32. The first-order chi connectivity index (χ1) is 10.1. The number of pyridine rings is 1. The molecule has 0 bridgehead atoms. The number of H-pyrrole nitrogens is 1. The van der Waals surface area contributed by atoms with Gasteiger partial charge in [-0.2, -0.15) is 5.21 Å². The van der Waals surface area contributed by atoms with E-state index in [1.807, 2.05) is 6.92 Å². The lowest BCUT2D eigenvalue weighted by atomic mass is 10.1. The van der Waals surface area contributed by atoms with Crippen LogP contribution in [0.2, 0.25) is 0 Å². The van der Waals surface area contributed by atoms with Gasteiger partial charge in [0, 0.05) is 6.20 Å². The van der Waals surface area contributed by atoms with Crippen LogP contribution >= 0.6 is 0 Å². The van der Waals surface area contributed by atoms with E-state index in [1.54, 1.807) is 0 Å². The number of nitrogens with one attached hydrogen (secondary N) is 2. The third-order valence-electron chi connectivity index (χ3n) is 2.80. The van der Waals surface area contributed by atoms with Crippen LogP contribution in [0.15, 0.2) is 18.3 Å². The fraction of sp³-hybridized carbons (Fsp3) is 0.333. The van der Waals surface area contributed by atoms with Crippen LogP contribution in [0.3, 0.4) is 0 Å². The third kappa shape index (κ3) is 3.59. The lowest BCUT2D eigenvalue weighted by Crippen LogP contribution is -2.29. The van der Waals surface area contributed by atoms with Crippen molar-refractivity contribution in [2.75, 3.05) is 0 Å². The van der Waals surface area contributed by atoms with Gasteiger partial charge in [-0.15, -0.1) is 10.2 Å². The molecule has 1 atom stereocenters. The fourth-order valence-electron chi connectivity index (χ4n) is 1.77. The van der Waals surface area contributed by atoms with Crippen molar-refractivity contribution in [2.45, 2.75) is 25.8 Å². The number of amides is 1. The summed E-state index contributed by atoms with van der Waals surface area (Å²) in [5.74, 6) is -1.11. The summed E-state index contributed by atoms with van der Waals surface area (Å²) in [5, 5.41) is 25.1. The smallest absolute Gasteiger partial charge is 0.354 e. The molecule has 0 radical (unpaired) electrons. The predicted molar refractivity (Wildman–Crippen MR) is 70.5 cm³/mol. The summed E-state index contributed by atoms with van der Waals surface area (Å²) in [6.45, 7) is 1.97. The van der Waals surface area contributed by atoms with Crippen LogP contribution in [-0.4, -0.2) is 42.6 Å². The van der Waals surface area contributed by atoms with Crippen LogP contribution < -0.4 is 5.32 Å². The average molecular weight is 290 g/mol. The Balaban J connectivity index is 2.10. The van der Waals surface area contributed by atoms with Crippen molar-refractivity contribution in [3.8, 4) is 0 Å². The van der Waals surface area contributed by atoms with Gasteiger partial charge in [-0.25, -0.2) is 9.78 Å². The number of carbonyl (C=O) groups excluding carboxylic acids is 1. The second kappa shape index (κ2) is 6.55. The van der Waals surface area contributed by atoms with Crippen molar-refractivity contribution < 1.29 is 14.7 Å². The SMILES string of the molecule is CCCC(NC(=O)c1ccc(C(=O)O)nc1)c1nn[nH]n1. The van der Waals surface area contributed by atoms with Gasteiger partial charge in [0.15, 0.2) is 5.82 Å². The number of tetrazole rings is 1. The molecule has 1 amide bonds. The van der Waals surface area contributed by atoms with Crippen LogP contribution in [0.4, 0.5) is 0 Å². The van der Waals surface area contributed by atoms with E-state index in [4.69, 9.17) is 5.11 Å². The minimum absolute atomic E-state index is 0.116. The number of hydrogen-bond acceptors (Lipinski definition) is 6. The monoisotopic (exact) mass is 290 g/mol. The van der Waals surface area contributed by atoms with Crippen LogP contribution in [0.25, 0.3) is 0 Å². The van der Waals surface area contributed by atoms with Crippen molar-refractivity contribution >= 4 is 11.9 Å². The Morgan fingerprint density at radius 3 is 2.76 bits per heavy atom. The molecule has 2 rings (SSSR count). The maximum atomic E-state index is 12.1. The summed E-state index contributed by atoms with van der Waals surface area (Å²) in [7, 11) is 0. The second-order valence-electron chi connectivity index (χ2n) is 4.32. The molecule has 21 heavy (non-hydrogen) atoms. The molecule has 0 fully saturated rings. The molecule has 110 valence electrons. The zero-order valence-corrected chi connectivity index (χ0v) is 11.3. The van der Waals surface area contributed by atoms with Gasteiger partial charge in [0.1, 0.15) is 5.69 Å². The highest BCUT2D eigenvalue weighted by molar-refractivity contribution is 5.95. The van der Waals surface area contributed by atoms with Gasteiger partial charge < -0.3 is 10.4 Å². The molecule has 0 aromatic carbocycles. The maximum Gasteiger partial charge on any atom is 0.354 e. The standard InChI is InChI=1S/C12H14N6O3/c1-2-3-8(10-15-17-18-16-10)14-11(19)7-4-5-9(12(20)21)13-6-7/h4-6,8H,2-3H2,1H3,(H,14,19)(H,20,21)(H,15,16,17,18). The molecule has 1 unspecified atom stereocenters. The van der Waals surface area contributed by atoms with E-state index in [1.165, 1.54) is 18.3 Å². The number of carbonyl (C=O) groups is 2. The summed E-state index contributed by atoms with van der Waals surface area (Å²) in [5.41, 5.74) is 0.152. The van der Waals surface area contributed by atoms with E-state index in [9.17, 15) is 9.59 Å². The highest BCUT2D eigenvalue weighted by Crippen LogP contribution is 2.14. The zero-order chi connectivity index (χ0) is 15.2. The number of aromatic carboxylic acids is 1. The van der Waals surface area contributed by atoms with Gasteiger partial charge >= 0.3 is 5.97 Å². The first-order valence-corrected chi connectivity index (χ1v) is 6.35. The molecule has 2 aromatic rings. The van der Waals surface area contributed by atoms with Crippen molar-refractivity contribution in [2.24, 2.45) is 0 Å². The number of nitrogens with zero attached hydrogens (tertiary/aromatic N) is 4. The lowest BCUT2D eigenvalue weighted by molar-refractivity contribution is 0.0689. The van der Waals surface area contributed by atoms with Crippen LogP contribution in [0.1, 0.15) is 52.5 Å². The summed E-state index contributed by atoms with van der Waals surface area (Å²) in [6, 6.07) is 2.33. The molecule has 0 aliphatic rings. The van der Waals surface area contributed by atoms with Crippen molar-refractivity contribution in [3.05, 3.63) is 35.4 Å². The third-order valence-corrected chi connectivity index (χ3v) is 2.80. The van der Waals surface area contributed by atoms with Crippen molar-refractivity contribution in [1.29, 1.82) is 0 Å². The van der Waals surface area contributed by atoms with Crippen LogP contribution in [-0.2, 0) is 0 Å². The van der Waals surface area contributed by atoms with E-state index < -0.39 is 5.97 Å². The summed E-state index contributed by atoms with van der Waals surface area (Å²) >= 11 is 0. The Labute approximate surface area is 119 Å². The molecule has 0 aliphatic heterocycles. The Bertz CT molecular complexity index is 610. The molecule has 9 nitrogen and oxygen atoms in total. The van der Waals surface area contributed by atoms with Gasteiger partial charge in [0.05, 0.1) is 11.6 Å². The largest absolute Gasteiger partial charge is 0.477 e. The van der Waals surface area contributed by atoms with E-state index in [-0.39, 0.29) is 23.2 Å². The lowest BCUT2D eigenvalue weighted by Gasteiger charge is -2.14. The van der Waals surface area contributed by atoms with Gasteiger partial charge in [-0.3, -0.25) is 4.79 Å². The molecule has 0 saturated heterocycles. The highest BCUT2D eigenvalue weighted by atomic mass is 16.4. The zero-order valence-electron chi connectivity index (χ0n) is 11.3. The van der Waals surface area contributed by atoms with E-state index in [0.717, 1.165) is 6.42 Å². The minimum atomic E-state index is -1.14. The molecular weight excluding hydrogens is 276 g/mol. The normalized spacial score (nSPS) is 11.9.